The summed E-state index contributed by atoms with van der Waals surface area (Å²) in [6, 6.07) is 1.06. The number of nitrogens with zero attached hydrogens (tertiary/aromatic N) is 2. The molecule has 0 aliphatic rings. The summed E-state index contributed by atoms with van der Waals surface area (Å²) in [5.74, 6) is 2.06. The number of aromatic nitrogens is 2. The van der Waals surface area contributed by atoms with Gasteiger partial charge in [-0.3, -0.25) is 4.79 Å². The van der Waals surface area contributed by atoms with Gasteiger partial charge in [0.2, 0.25) is 5.91 Å². The second kappa shape index (κ2) is 5.73. The van der Waals surface area contributed by atoms with Gasteiger partial charge in [-0.2, -0.15) is 0 Å². The highest BCUT2D eigenvalue weighted by atomic mass is 16.2. The molecule has 0 aliphatic carbocycles. The van der Waals surface area contributed by atoms with Gasteiger partial charge in [-0.05, 0) is 6.07 Å². The number of carbonyl (C=O) groups is 1. The Labute approximate surface area is 88.1 Å². The molecule has 0 aromatic carbocycles. The third-order valence-corrected chi connectivity index (χ3v) is 1.76. The van der Waals surface area contributed by atoms with Gasteiger partial charge in [-0.25, -0.2) is 9.97 Å². The Bertz CT molecular complexity index is 357. The molecule has 5 heteroatoms. The topological polar surface area (TPSA) is 80.9 Å². The first-order chi connectivity index (χ1) is 7.24. The second-order valence-corrected chi connectivity index (χ2v) is 2.93. The van der Waals surface area contributed by atoms with Crippen molar-refractivity contribution in [1.29, 1.82) is 0 Å². The summed E-state index contributed by atoms with van der Waals surface area (Å²) in [4.78, 5) is 19.0. The molecule has 0 saturated heterocycles. The normalized spacial score (nSPS) is 11.5. The first-order valence-corrected chi connectivity index (χ1v) is 4.45. The number of hydrogen-bond acceptors (Lipinski definition) is 4. The van der Waals surface area contributed by atoms with Crippen LogP contribution in [-0.2, 0) is 11.3 Å². The molecule has 0 radical (unpaired) electrons. The lowest BCUT2D eigenvalue weighted by atomic mass is 10.2. The predicted molar refractivity (Wildman–Crippen MR) is 55.3 cm³/mol. The van der Waals surface area contributed by atoms with E-state index in [0.29, 0.717) is 6.54 Å². The van der Waals surface area contributed by atoms with E-state index in [9.17, 15) is 4.79 Å². The van der Waals surface area contributed by atoms with Gasteiger partial charge in [0.25, 0.3) is 0 Å². The fraction of sp³-hybridized carbons (Fsp3) is 0.300. The minimum Gasteiger partial charge on any atom is -0.349 e. The molecular formula is C10H12N4O. The highest BCUT2D eigenvalue weighted by Gasteiger charge is 2.11. The van der Waals surface area contributed by atoms with Crippen LogP contribution in [0.3, 0.4) is 0 Å². The SMILES string of the molecule is C#CCC(N)C(=O)NCc1ccncn1. The number of nitrogens with one attached hydrogen (secondary N) is 1. The number of carbonyl (C=O) groups excluding carboxylic acids is 1. The molecule has 1 aromatic heterocycles. The van der Waals surface area contributed by atoms with Crippen molar-refractivity contribution in [2.24, 2.45) is 5.73 Å². The zero-order chi connectivity index (χ0) is 11.1. The first-order valence-electron chi connectivity index (χ1n) is 4.45. The minimum atomic E-state index is -0.656. The standard InChI is InChI=1S/C10H12N4O/c1-2-3-9(11)10(15)13-6-8-4-5-12-7-14-8/h1,4-5,7,9H,3,6,11H2,(H,13,15). The maximum Gasteiger partial charge on any atom is 0.238 e. The molecule has 1 heterocycles. The van der Waals surface area contributed by atoms with Crippen LogP contribution in [0.25, 0.3) is 0 Å². The quantitative estimate of drug-likeness (QED) is 0.644. The van der Waals surface area contributed by atoms with Gasteiger partial charge in [0.15, 0.2) is 0 Å². The largest absolute Gasteiger partial charge is 0.349 e. The molecule has 1 amide bonds. The average molecular weight is 204 g/mol. The van der Waals surface area contributed by atoms with E-state index in [1.165, 1.54) is 6.33 Å². The van der Waals surface area contributed by atoms with Crippen LogP contribution in [0.1, 0.15) is 12.1 Å². The van der Waals surface area contributed by atoms with Crippen LogP contribution in [0.2, 0.25) is 0 Å². The van der Waals surface area contributed by atoms with Crippen LogP contribution < -0.4 is 11.1 Å². The molecule has 1 unspecified atom stereocenters. The molecule has 1 rings (SSSR count). The number of nitrogens with two attached hydrogens (primary N) is 1. The third-order valence-electron chi connectivity index (χ3n) is 1.76. The van der Waals surface area contributed by atoms with Crippen molar-refractivity contribution >= 4 is 5.91 Å². The van der Waals surface area contributed by atoms with E-state index in [2.05, 4.69) is 21.2 Å². The van der Waals surface area contributed by atoms with E-state index in [1.807, 2.05) is 0 Å². The van der Waals surface area contributed by atoms with Crippen molar-refractivity contribution in [3.05, 3.63) is 24.3 Å². The Kier molecular flexibility index (Phi) is 4.26. The summed E-state index contributed by atoms with van der Waals surface area (Å²) in [6.45, 7) is 0.333. The van der Waals surface area contributed by atoms with E-state index < -0.39 is 6.04 Å². The minimum absolute atomic E-state index is 0.232. The zero-order valence-corrected chi connectivity index (χ0v) is 8.18. The van der Waals surface area contributed by atoms with Crippen molar-refractivity contribution < 1.29 is 4.79 Å². The Morgan fingerprint density at radius 2 is 2.53 bits per heavy atom. The second-order valence-electron chi connectivity index (χ2n) is 2.93. The van der Waals surface area contributed by atoms with E-state index >= 15 is 0 Å². The summed E-state index contributed by atoms with van der Waals surface area (Å²) in [5, 5.41) is 2.63. The Morgan fingerprint density at radius 3 is 3.13 bits per heavy atom. The lowest BCUT2D eigenvalue weighted by Crippen LogP contribution is -2.40. The van der Waals surface area contributed by atoms with Gasteiger partial charge >= 0.3 is 0 Å². The molecule has 5 nitrogen and oxygen atoms in total. The van der Waals surface area contributed by atoms with Crippen molar-refractivity contribution in [2.75, 3.05) is 0 Å². The highest BCUT2D eigenvalue weighted by Crippen LogP contribution is 1.91. The first kappa shape index (κ1) is 11.1. The molecule has 0 aliphatic heterocycles. The summed E-state index contributed by atoms with van der Waals surface area (Å²) in [7, 11) is 0. The summed E-state index contributed by atoms with van der Waals surface area (Å²) >= 11 is 0. The lowest BCUT2D eigenvalue weighted by molar-refractivity contribution is -0.122. The van der Waals surface area contributed by atoms with Crippen molar-refractivity contribution in [3.8, 4) is 12.3 Å². The fourth-order valence-corrected chi connectivity index (χ4v) is 0.951. The van der Waals surface area contributed by atoms with Gasteiger partial charge in [-0.1, -0.05) is 0 Å². The zero-order valence-electron chi connectivity index (χ0n) is 8.18. The van der Waals surface area contributed by atoms with Gasteiger partial charge < -0.3 is 11.1 Å². The summed E-state index contributed by atoms with van der Waals surface area (Å²) in [6.07, 6.45) is 8.30. The molecule has 0 saturated carbocycles. The van der Waals surface area contributed by atoms with Crippen LogP contribution in [0.4, 0.5) is 0 Å². The summed E-state index contributed by atoms with van der Waals surface area (Å²) in [5.41, 5.74) is 6.23. The average Bonchev–Trinajstić information content (AvgIpc) is 2.27. The maximum atomic E-state index is 11.3. The molecular weight excluding hydrogens is 192 g/mol. The van der Waals surface area contributed by atoms with Crippen molar-refractivity contribution in [3.63, 3.8) is 0 Å². The number of amides is 1. The van der Waals surface area contributed by atoms with Crippen LogP contribution in [0.5, 0.6) is 0 Å². The molecule has 0 fully saturated rings. The van der Waals surface area contributed by atoms with Crippen LogP contribution >= 0.6 is 0 Å². The van der Waals surface area contributed by atoms with Gasteiger partial charge in [0.1, 0.15) is 6.33 Å². The molecule has 0 bridgehead atoms. The van der Waals surface area contributed by atoms with Gasteiger partial charge in [0, 0.05) is 12.6 Å². The smallest absolute Gasteiger partial charge is 0.238 e. The monoisotopic (exact) mass is 204 g/mol. The summed E-state index contributed by atoms with van der Waals surface area (Å²) < 4.78 is 0. The van der Waals surface area contributed by atoms with Crippen molar-refractivity contribution in [1.82, 2.24) is 15.3 Å². The van der Waals surface area contributed by atoms with Crippen LogP contribution in [-0.4, -0.2) is 21.9 Å². The van der Waals surface area contributed by atoms with Gasteiger partial charge in [0.05, 0.1) is 18.3 Å². The number of hydrogen-bond donors (Lipinski definition) is 2. The number of terminal acetylenes is 1. The third kappa shape index (κ3) is 3.75. The fourth-order valence-electron chi connectivity index (χ4n) is 0.951. The Balaban J connectivity index is 2.38. The molecule has 0 spiro atoms. The van der Waals surface area contributed by atoms with Crippen LogP contribution in [0.15, 0.2) is 18.6 Å². The van der Waals surface area contributed by atoms with Crippen LogP contribution in [0, 0.1) is 12.3 Å². The molecule has 3 N–H and O–H groups in total. The maximum absolute atomic E-state index is 11.3. The molecule has 15 heavy (non-hydrogen) atoms. The van der Waals surface area contributed by atoms with E-state index in [0.717, 1.165) is 5.69 Å². The Morgan fingerprint density at radius 1 is 1.73 bits per heavy atom. The molecule has 1 atom stereocenters. The van der Waals surface area contributed by atoms with E-state index in [4.69, 9.17) is 12.2 Å². The molecule has 1 aromatic rings. The van der Waals surface area contributed by atoms with E-state index in [1.54, 1.807) is 12.3 Å². The number of rotatable bonds is 4. The highest BCUT2D eigenvalue weighted by molar-refractivity contribution is 5.81. The lowest BCUT2D eigenvalue weighted by Gasteiger charge is -2.08. The van der Waals surface area contributed by atoms with Gasteiger partial charge in [-0.15, -0.1) is 12.3 Å². The Hall–Kier alpha value is -1.93. The predicted octanol–water partition coefficient (Wildman–Crippen LogP) is -0.557. The molecule has 78 valence electrons. The van der Waals surface area contributed by atoms with Crippen molar-refractivity contribution in [2.45, 2.75) is 19.0 Å². The van der Waals surface area contributed by atoms with E-state index in [-0.39, 0.29) is 12.3 Å².